The summed E-state index contributed by atoms with van der Waals surface area (Å²) >= 11 is 12.7. The fourth-order valence-corrected chi connectivity index (χ4v) is 4.20. The number of carboxylic acid groups (broad SMARTS) is 1. The maximum atomic E-state index is 12.0. The SMILES string of the molecule is COc1ccc(Nc2c(-c3ccc(Cl)cc3Cl)c(C)nn2-c2ccccc2C)c(C(=O)O)c1. The number of hydrogen-bond acceptors (Lipinski definition) is 4. The lowest BCUT2D eigenvalue weighted by atomic mass is 10.0. The van der Waals surface area contributed by atoms with Crippen LogP contribution in [0.5, 0.6) is 5.75 Å². The standard InChI is InChI=1S/C25H21Cl2N3O3/c1-14-6-4-5-7-22(14)30-24(28-21-11-9-17(33-3)13-19(21)25(31)32)23(15(2)29-30)18-10-8-16(26)12-20(18)27/h4-13,28H,1-3H3,(H,31,32). The Morgan fingerprint density at radius 3 is 2.48 bits per heavy atom. The van der Waals surface area contributed by atoms with Crippen molar-refractivity contribution in [2.24, 2.45) is 0 Å². The molecule has 0 spiro atoms. The van der Waals surface area contributed by atoms with E-state index in [0.29, 0.717) is 27.3 Å². The van der Waals surface area contributed by atoms with Gasteiger partial charge < -0.3 is 15.2 Å². The molecule has 4 rings (SSSR count). The molecule has 0 bridgehead atoms. The molecule has 168 valence electrons. The minimum atomic E-state index is -1.08. The maximum absolute atomic E-state index is 12.0. The Bertz CT molecular complexity index is 1370. The van der Waals surface area contributed by atoms with Crippen LogP contribution in [0.1, 0.15) is 21.6 Å². The molecule has 0 atom stereocenters. The molecule has 3 aromatic carbocycles. The average Bonchev–Trinajstić information content (AvgIpc) is 3.09. The van der Waals surface area contributed by atoms with Gasteiger partial charge in [0.1, 0.15) is 11.6 Å². The first kappa shape index (κ1) is 22.7. The number of aromatic nitrogens is 2. The molecule has 0 amide bonds. The molecule has 0 unspecified atom stereocenters. The first-order chi connectivity index (χ1) is 15.8. The Morgan fingerprint density at radius 1 is 1.06 bits per heavy atom. The number of nitrogens with one attached hydrogen (secondary N) is 1. The van der Waals surface area contributed by atoms with E-state index in [9.17, 15) is 9.90 Å². The van der Waals surface area contributed by atoms with Crippen LogP contribution in [0.25, 0.3) is 16.8 Å². The smallest absolute Gasteiger partial charge is 0.337 e. The molecule has 0 aliphatic carbocycles. The van der Waals surface area contributed by atoms with Crippen molar-refractivity contribution in [1.29, 1.82) is 0 Å². The van der Waals surface area contributed by atoms with Crippen molar-refractivity contribution < 1.29 is 14.6 Å². The van der Waals surface area contributed by atoms with Gasteiger partial charge >= 0.3 is 5.97 Å². The van der Waals surface area contributed by atoms with E-state index >= 15 is 0 Å². The van der Waals surface area contributed by atoms with E-state index in [1.54, 1.807) is 28.9 Å². The number of benzene rings is 3. The second-order valence-corrected chi connectivity index (χ2v) is 8.32. The third-order valence-corrected chi connectivity index (χ3v) is 5.86. The number of methoxy groups -OCH3 is 1. The number of rotatable bonds is 6. The van der Waals surface area contributed by atoms with Crippen molar-refractivity contribution in [3.63, 3.8) is 0 Å². The van der Waals surface area contributed by atoms with Gasteiger partial charge in [-0.05, 0) is 55.8 Å². The second kappa shape index (κ2) is 9.17. The summed E-state index contributed by atoms with van der Waals surface area (Å²) in [6.45, 7) is 3.87. The zero-order valence-electron chi connectivity index (χ0n) is 18.2. The molecule has 0 saturated carbocycles. The number of anilines is 2. The van der Waals surface area contributed by atoms with Crippen molar-refractivity contribution in [3.8, 4) is 22.6 Å². The van der Waals surface area contributed by atoms with Crippen LogP contribution in [0.15, 0.2) is 60.7 Å². The van der Waals surface area contributed by atoms with Crippen LogP contribution in [0.3, 0.4) is 0 Å². The number of carbonyl (C=O) groups is 1. The van der Waals surface area contributed by atoms with E-state index < -0.39 is 5.97 Å². The van der Waals surface area contributed by atoms with Crippen LogP contribution in [0.4, 0.5) is 11.5 Å². The highest BCUT2D eigenvalue weighted by Gasteiger charge is 2.23. The fraction of sp³-hybridized carbons (Fsp3) is 0.120. The van der Waals surface area contributed by atoms with Crippen LogP contribution in [-0.2, 0) is 0 Å². The Hall–Kier alpha value is -3.48. The van der Waals surface area contributed by atoms with Gasteiger partial charge in [-0.3, -0.25) is 0 Å². The van der Waals surface area contributed by atoms with Crippen molar-refractivity contribution >= 4 is 40.7 Å². The van der Waals surface area contributed by atoms with Gasteiger partial charge in [-0.1, -0.05) is 47.5 Å². The minimum Gasteiger partial charge on any atom is -0.497 e. The van der Waals surface area contributed by atoms with E-state index in [1.807, 2.05) is 44.2 Å². The molecule has 6 nitrogen and oxygen atoms in total. The number of halogens is 2. The van der Waals surface area contributed by atoms with Crippen LogP contribution >= 0.6 is 23.2 Å². The molecule has 4 aromatic rings. The van der Waals surface area contributed by atoms with Gasteiger partial charge in [-0.2, -0.15) is 5.10 Å². The van der Waals surface area contributed by atoms with Crippen molar-refractivity contribution in [1.82, 2.24) is 9.78 Å². The van der Waals surface area contributed by atoms with Crippen LogP contribution < -0.4 is 10.1 Å². The summed E-state index contributed by atoms with van der Waals surface area (Å²) in [5.41, 5.74) is 4.51. The number of nitrogens with zero attached hydrogens (tertiary/aromatic N) is 2. The third kappa shape index (κ3) is 4.40. The highest BCUT2D eigenvalue weighted by Crippen LogP contribution is 2.40. The van der Waals surface area contributed by atoms with Crippen molar-refractivity contribution in [2.45, 2.75) is 13.8 Å². The first-order valence-corrected chi connectivity index (χ1v) is 10.8. The molecule has 0 aliphatic heterocycles. The predicted molar refractivity (Wildman–Crippen MR) is 132 cm³/mol. The topological polar surface area (TPSA) is 76.4 Å². The Balaban J connectivity index is 1.98. The zero-order valence-corrected chi connectivity index (χ0v) is 19.7. The van der Waals surface area contributed by atoms with Gasteiger partial charge in [0.15, 0.2) is 0 Å². The van der Waals surface area contributed by atoms with Crippen molar-refractivity contribution in [2.75, 3.05) is 12.4 Å². The largest absolute Gasteiger partial charge is 0.497 e. The number of para-hydroxylation sites is 1. The molecule has 0 saturated heterocycles. The number of aromatic carboxylic acids is 1. The molecule has 1 heterocycles. The van der Waals surface area contributed by atoms with E-state index in [2.05, 4.69) is 5.32 Å². The maximum Gasteiger partial charge on any atom is 0.337 e. The van der Waals surface area contributed by atoms with Crippen LogP contribution in [0.2, 0.25) is 10.0 Å². The summed E-state index contributed by atoms with van der Waals surface area (Å²) in [5, 5.41) is 18.9. The number of carboxylic acids is 1. The molecule has 0 aliphatic rings. The average molecular weight is 482 g/mol. The second-order valence-electron chi connectivity index (χ2n) is 7.47. The monoisotopic (exact) mass is 481 g/mol. The van der Waals surface area contributed by atoms with E-state index in [-0.39, 0.29) is 5.56 Å². The molecular formula is C25H21Cl2N3O3. The fourth-order valence-electron chi connectivity index (χ4n) is 3.70. The zero-order chi connectivity index (χ0) is 23.7. The van der Waals surface area contributed by atoms with E-state index in [0.717, 1.165) is 28.1 Å². The Labute approximate surface area is 201 Å². The van der Waals surface area contributed by atoms with Crippen LogP contribution in [-0.4, -0.2) is 28.0 Å². The molecule has 1 aromatic heterocycles. The Kier molecular flexibility index (Phi) is 6.31. The van der Waals surface area contributed by atoms with Gasteiger partial charge in [-0.15, -0.1) is 0 Å². The number of hydrogen-bond donors (Lipinski definition) is 2. The van der Waals surface area contributed by atoms with Crippen LogP contribution in [0, 0.1) is 13.8 Å². The number of aryl methyl sites for hydroxylation is 2. The summed E-state index contributed by atoms with van der Waals surface area (Å²) in [6, 6.07) is 17.9. The summed E-state index contributed by atoms with van der Waals surface area (Å²) in [6.07, 6.45) is 0. The molecule has 8 heteroatoms. The normalized spacial score (nSPS) is 10.8. The lowest BCUT2D eigenvalue weighted by Gasteiger charge is -2.16. The van der Waals surface area contributed by atoms with E-state index in [4.69, 9.17) is 33.0 Å². The molecule has 0 radical (unpaired) electrons. The van der Waals surface area contributed by atoms with Gasteiger partial charge in [0.25, 0.3) is 0 Å². The quantitative estimate of drug-likeness (QED) is 0.312. The molecule has 0 fully saturated rings. The molecule has 2 N–H and O–H groups in total. The summed E-state index contributed by atoms with van der Waals surface area (Å²) in [4.78, 5) is 12.0. The lowest BCUT2D eigenvalue weighted by Crippen LogP contribution is -2.08. The summed E-state index contributed by atoms with van der Waals surface area (Å²) in [7, 11) is 1.49. The number of ether oxygens (including phenoxy) is 1. The lowest BCUT2D eigenvalue weighted by molar-refractivity contribution is 0.0697. The third-order valence-electron chi connectivity index (χ3n) is 5.31. The van der Waals surface area contributed by atoms with Gasteiger partial charge in [0, 0.05) is 16.1 Å². The van der Waals surface area contributed by atoms with Crippen molar-refractivity contribution in [3.05, 3.63) is 87.5 Å². The van der Waals surface area contributed by atoms with E-state index in [1.165, 1.54) is 13.2 Å². The first-order valence-electron chi connectivity index (χ1n) is 10.1. The minimum absolute atomic E-state index is 0.0673. The van der Waals surface area contributed by atoms with Gasteiger partial charge in [0.05, 0.1) is 34.8 Å². The van der Waals surface area contributed by atoms with Gasteiger partial charge in [0.2, 0.25) is 0 Å². The summed E-state index contributed by atoms with van der Waals surface area (Å²) < 4.78 is 6.97. The predicted octanol–water partition coefficient (Wildman–Crippen LogP) is 6.91. The van der Waals surface area contributed by atoms with Gasteiger partial charge in [-0.25, -0.2) is 9.48 Å². The molecular weight excluding hydrogens is 461 g/mol. The summed E-state index contributed by atoms with van der Waals surface area (Å²) in [5.74, 6) is -0.0534. The molecule has 33 heavy (non-hydrogen) atoms. The highest BCUT2D eigenvalue weighted by atomic mass is 35.5. The Morgan fingerprint density at radius 2 is 1.82 bits per heavy atom. The highest BCUT2D eigenvalue weighted by molar-refractivity contribution is 6.36.